The van der Waals surface area contributed by atoms with Crippen molar-refractivity contribution in [1.29, 1.82) is 0 Å². The van der Waals surface area contributed by atoms with Crippen LogP contribution in [0, 0.1) is 17.8 Å². The van der Waals surface area contributed by atoms with Crippen molar-refractivity contribution in [3.63, 3.8) is 0 Å². The van der Waals surface area contributed by atoms with E-state index in [2.05, 4.69) is 23.5 Å². The molecule has 1 heterocycles. The fraction of sp³-hybridized carbons (Fsp3) is 0.889. The number of amides is 1. The van der Waals surface area contributed by atoms with Gasteiger partial charge in [0.1, 0.15) is 0 Å². The molecule has 0 bridgehead atoms. The van der Waals surface area contributed by atoms with Crippen molar-refractivity contribution >= 4 is 19.6 Å². The second kappa shape index (κ2) is 7.72. The maximum absolute atomic E-state index is 12.2. The van der Waals surface area contributed by atoms with Crippen molar-refractivity contribution in [3.8, 4) is 0 Å². The molecule has 1 aliphatic carbocycles. The van der Waals surface area contributed by atoms with Gasteiger partial charge < -0.3 is 0 Å². The first-order valence-corrected chi connectivity index (χ1v) is 9.16. The third-order valence-corrected chi connectivity index (χ3v) is 5.33. The molecule has 2 rings (SSSR count). The van der Waals surface area contributed by atoms with Crippen LogP contribution < -0.4 is 5.32 Å². The van der Waals surface area contributed by atoms with Gasteiger partial charge in [0.15, 0.2) is 0 Å². The van der Waals surface area contributed by atoms with Gasteiger partial charge in [-0.3, -0.25) is 0 Å². The molecule has 0 spiro atoms. The molecule has 0 aromatic carbocycles. The van der Waals surface area contributed by atoms with E-state index < -0.39 is 5.60 Å². The van der Waals surface area contributed by atoms with Crippen LogP contribution >= 0.6 is 0 Å². The summed E-state index contributed by atoms with van der Waals surface area (Å²) < 4.78 is 5.46. The fourth-order valence-electron chi connectivity index (χ4n) is 4.21. The predicted molar refractivity (Wildman–Crippen MR) is 96.8 cm³/mol. The van der Waals surface area contributed by atoms with Gasteiger partial charge in [0.25, 0.3) is 0 Å². The second-order valence-corrected chi connectivity index (χ2v) is 8.33. The molecule has 1 amide bonds. The van der Waals surface area contributed by atoms with Crippen LogP contribution in [0.5, 0.6) is 0 Å². The molecule has 0 aromatic heterocycles. The number of nitrogens with one attached hydrogen (secondary N) is 1. The van der Waals surface area contributed by atoms with Crippen molar-refractivity contribution in [2.24, 2.45) is 17.8 Å². The molecule has 1 saturated carbocycles. The van der Waals surface area contributed by atoms with Crippen LogP contribution in [0.3, 0.4) is 0 Å². The Labute approximate surface area is 142 Å². The topological polar surface area (TPSA) is 41.6 Å². The summed E-state index contributed by atoms with van der Waals surface area (Å²) in [7, 11) is 1.91. The minimum absolute atomic E-state index is 0.161. The molecule has 4 unspecified atom stereocenters. The number of hydrogen-bond donors (Lipinski definition) is 1. The number of carbonyl (C=O) groups excluding carboxylic acids is 1. The third kappa shape index (κ3) is 5.25. The Morgan fingerprint density at radius 1 is 1.17 bits per heavy atom. The summed E-state index contributed by atoms with van der Waals surface area (Å²) in [6.07, 6.45) is 6.32. The summed E-state index contributed by atoms with van der Waals surface area (Å²) in [4.78, 5) is 14.5. The van der Waals surface area contributed by atoms with Gasteiger partial charge in [-0.2, -0.15) is 0 Å². The molecule has 4 atom stereocenters. The summed E-state index contributed by atoms with van der Waals surface area (Å²) >= 11 is 0. The first-order chi connectivity index (χ1) is 10.8. The number of nitrogens with zero attached hydrogens (tertiary/aromatic N) is 1. The van der Waals surface area contributed by atoms with Crippen LogP contribution in [0.2, 0.25) is 0 Å². The second-order valence-electron chi connectivity index (χ2n) is 8.33. The zero-order valence-electron chi connectivity index (χ0n) is 15.3. The molecular formula is C18H33BN2O2. The molecular weight excluding hydrogens is 287 g/mol. The summed E-state index contributed by atoms with van der Waals surface area (Å²) in [6, 6.07) is 0.161. The quantitative estimate of drug-likeness (QED) is 0.642. The first-order valence-electron chi connectivity index (χ1n) is 9.16. The Kier molecular flexibility index (Phi) is 6.16. The standard InChI is InChI=1S/C18H33BN2O2/c1-13-9-7-6-8-10-14(13)15-11-21(19-5)12-16(15)20-17(22)23-18(2,3)4/h13-16H,5-12H2,1-4H3,(H,20,22). The Bertz CT molecular complexity index is 422. The van der Waals surface area contributed by atoms with Gasteiger partial charge in [-0.15, -0.1) is 0 Å². The van der Waals surface area contributed by atoms with E-state index in [4.69, 9.17) is 4.74 Å². The molecule has 1 saturated heterocycles. The molecule has 1 aliphatic heterocycles. The van der Waals surface area contributed by atoms with Crippen LogP contribution in [0.25, 0.3) is 0 Å². The zero-order valence-corrected chi connectivity index (χ0v) is 15.3. The predicted octanol–water partition coefficient (Wildman–Crippen LogP) is 3.08. The zero-order chi connectivity index (χ0) is 17.0. The van der Waals surface area contributed by atoms with E-state index >= 15 is 0 Å². The molecule has 0 aromatic rings. The number of rotatable bonds is 3. The van der Waals surface area contributed by atoms with Crippen LogP contribution in [-0.4, -0.2) is 49.2 Å². The van der Waals surface area contributed by atoms with Gasteiger partial charge in [0.05, 0.1) is 0 Å². The molecule has 2 fully saturated rings. The van der Waals surface area contributed by atoms with E-state index in [1.807, 2.05) is 27.8 Å². The van der Waals surface area contributed by atoms with Gasteiger partial charge in [-0.05, 0) is 0 Å². The molecule has 23 heavy (non-hydrogen) atoms. The van der Waals surface area contributed by atoms with E-state index in [1.165, 1.54) is 32.1 Å². The van der Waals surface area contributed by atoms with Gasteiger partial charge in [-0.25, -0.2) is 0 Å². The number of carbonyl (C=O) groups is 1. The van der Waals surface area contributed by atoms with Gasteiger partial charge in [0.2, 0.25) is 0 Å². The van der Waals surface area contributed by atoms with Gasteiger partial charge in [-0.1, -0.05) is 0 Å². The minimum atomic E-state index is -0.452. The molecule has 1 N–H and O–H groups in total. The van der Waals surface area contributed by atoms with E-state index in [9.17, 15) is 4.79 Å². The Balaban J connectivity index is 2.05. The van der Waals surface area contributed by atoms with E-state index in [-0.39, 0.29) is 12.1 Å². The molecule has 5 heteroatoms. The molecule has 4 nitrogen and oxygen atoms in total. The van der Waals surface area contributed by atoms with Gasteiger partial charge in [0, 0.05) is 0 Å². The SMILES string of the molecule is C=BN1CC(NC(=O)OC(C)(C)C)C(C2CCCCCC2C)C1. The van der Waals surface area contributed by atoms with Crippen molar-refractivity contribution < 1.29 is 9.53 Å². The average Bonchev–Trinajstić information content (AvgIpc) is 2.70. The van der Waals surface area contributed by atoms with Gasteiger partial charge >= 0.3 is 142 Å². The van der Waals surface area contributed by atoms with Crippen molar-refractivity contribution in [2.45, 2.75) is 71.4 Å². The Morgan fingerprint density at radius 3 is 2.52 bits per heavy atom. The van der Waals surface area contributed by atoms with E-state index in [0.29, 0.717) is 11.8 Å². The van der Waals surface area contributed by atoms with Crippen LogP contribution in [0.15, 0.2) is 0 Å². The summed E-state index contributed by atoms with van der Waals surface area (Å²) in [5.41, 5.74) is -0.452. The normalized spacial score (nSPS) is 32.1. The number of ether oxygens (including phenoxy) is 1. The number of alkyl carbamates (subject to hydrolysis) is 1. The van der Waals surface area contributed by atoms with Crippen LogP contribution in [-0.2, 0) is 4.74 Å². The van der Waals surface area contributed by atoms with Crippen LogP contribution in [0.4, 0.5) is 4.79 Å². The molecule has 130 valence electrons. The molecule has 0 radical (unpaired) electrons. The van der Waals surface area contributed by atoms with Crippen LogP contribution in [0.1, 0.15) is 59.8 Å². The fourth-order valence-corrected chi connectivity index (χ4v) is 4.21. The van der Waals surface area contributed by atoms with Crippen molar-refractivity contribution in [1.82, 2.24) is 10.1 Å². The third-order valence-electron chi connectivity index (χ3n) is 5.33. The van der Waals surface area contributed by atoms with E-state index in [0.717, 1.165) is 19.0 Å². The average molecular weight is 320 g/mol. The Morgan fingerprint density at radius 2 is 1.87 bits per heavy atom. The first kappa shape index (κ1) is 18.3. The summed E-state index contributed by atoms with van der Waals surface area (Å²) in [5.74, 6) is 1.91. The summed E-state index contributed by atoms with van der Waals surface area (Å²) in [6.45, 7) is 13.9. The summed E-state index contributed by atoms with van der Waals surface area (Å²) in [5, 5.41) is 3.14. The monoisotopic (exact) mass is 320 g/mol. The molecule has 2 aliphatic rings. The van der Waals surface area contributed by atoms with Crippen molar-refractivity contribution in [2.75, 3.05) is 13.1 Å². The Hall–Kier alpha value is -0.995. The maximum atomic E-state index is 12.2. The number of hydrogen-bond acceptors (Lipinski definition) is 3. The van der Waals surface area contributed by atoms with E-state index in [1.54, 1.807) is 0 Å². The van der Waals surface area contributed by atoms with Crippen molar-refractivity contribution in [3.05, 3.63) is 0 Å².